The van der Waals surface area contributed by atoms with Crippen LogP contribution in [-0.2, 0) is 0 Å². The fourth-order valence-electron chi connectivity index (χ4n) is 0.547. The first-order chi connectivity index (χ1) is 4.31. The monoisotopic (exact) mass is 130 g/mol. The van der Waals surface area contributed by atoms with Gasteiger partial charge in [0.1, 0.15) is 0 Å². The number of rotatable bonds is 4. The fourth-order valence-corrected chi connectivity index (χ4v) is 0.547. The van der Waals surface area contributed by atoms with E-state index in [4.69, 9.17) is 10.2 Å². The molecule has 0 aliphatic heterocycles. The SMILES string of the molecule is CC=CCCC(O)CO. The lowest BCUT2D eigenvalue weighted by molar-refractivity contribution is 0.0891. The van der Waals surface area contributed by atoms with E-state index in [1.165, 1.54) is 0 Å². The minimum absolute atomic E-state index is 0.127. The molecule has 0 fully saturated rings. The summed E-state index contributed by atoms with van der Waals surface area (Å²) < 4.78 is 0. The molecule has 1 atom stereocenters. The van der Waals surface area contributed by atoms with Crippen molar-refractivity contribution in [1.29, 1.82) is 0 Å². The van der Waals surface area contributed by atoms with Gasteiger partial charge in [-0.15, -0.1) is 0 Å². The minimum atomic E-state index is -0.541. The summed E-state index contributed by atoms with van der Waals surface area (Å²) in [4.78, 5) is 0. The van der Waals surface area contributed by atoms with E-state index in [1.54, 1.807) is 0 Å². The van der Waals surface area contributed by atoms with Crippen molar-refractivity contribution in [3.8, 4) is 0 Å². The van der Waals surface area contributed by atoms with Gasteiger partial charge in [-0.05, 0) is 19.8 Å². The zero-order valence-electron chi connectivity index (χ0n) is 5.75. The molecule has 9 heavy (non-hydrogen) atoms. The molecule has 0 aromatic heterocycles. The molecular weight excluding hydrogens is 116 g/mol. The van der Waals surface area contributed by atoms with E-state index in [0.29, 0.717) is 6.42 Å². The molecular formula is C7H14O2. The lowest BCUT2D eigenvalue weighted by Gasteiger charge is -2.02. The Morgan fingerprint density at radius 2 is 2.22 bits per heavy atom. The zero-order chi connectivity index (χ0) is 7.11. The lowest BCUT2D eigenvalue weighted by Crippen LogP contribution is -2.10. The average molecular weight is 130 g/mol. The molecule has 0 amide bonds. The molecule has 1 unspecified atom stereocenters. The van der Waals surface area contributed by atoms with Gasteiger partial charge in [-0.1, -0.05) is 12.2 Å². The van der Waals surface area contributed by atoms with Crippen LogP contribution >= 0.6 is 0 Å². The third kappa shape index (κ3) is 5.53. The summed E-state index contributed by atoms with van der Waals surface area (Å²) in [6.45, 7) is 1.81. The van der Waals surface area contributed by atoms with Gasteiger partial charge in [-0.25, -0.2) is 0 Å². The second kappa shape index (κ2) is 5.79. The first kappa shape index (κ1) is 8.66. The first-order valence-corrected chi connectivity index (χ1v) is 3.21. The van der Waals surface area contributed by atoms with Crippen molar-refractivity contribution >= 4 is 0 Å². The second-order valence-electron chi connectivity index (χ2n) is 1.98. The van der Waals surface area contributed by atoms with Crippen LogP contribution in [0.5, 0.6) is 0 Å². The number of hydrogen-bond donors (Lipinski definition) is 2. The Balaban J connectivity index is 3.06. The van der Waals surface area contributed by atoms with Gasteiger partial charge < -0.3 is 10.2 Å². The molecule has 0 saturated carbocycles. The quantitative estimate of drug-likeness (QED) is 0.550. The van der Waals surface area contributed by atoms with Crippen molar-refractivity contribution in [2.75, 3.05) is 6.61 Å². The van der Waals surface area contributed by atoms with Gasteiger partial charge >= 0.3 is 0 Å². The van der Waals surface area contributed by atoms with Crippen molar-refractivity contribution in [2.45, 2.75) is 25.9 Å². The standard InChI is InChI=1S/C7H14O2/c1-2-3-4-5-7(9)6-8/h2-3,7-9H,4-6H2,1H3. The van der Waals surface area contributed by atoms with Gasteiger partial charge in [0.15, 0.2) is 0 Å². The Morgan fingerprint density at radius 1 is 1.56 bits per heavy atom. The predicted octanol–water partition coefficient (Wildman–Crippen LogP) is 0.696. The molecule has 2 N–H and O–H groups in total. The van der Waals surface area contributed by atoms with Gasteiger partial charge in [0.05, 0.1) is 12.7 Å². The molecule has 0 radical (unpaired) electrons. The fraction of sp³-hybridized carbons (Fsp3) is 0.714. The number of allylic oxidation sites excluding steroid dienone is 2. The lowest BCUT2D eigenvalue weighted by atomic mass is 10.2. The summed E-state index contributed by atoms with van der Waals surface area (Å²) in [5.41, 5.74) is 0. The maximum atomic E-state index is 8.80. The van der Waals surface area contributed by atoms with E-state index in [1.807, 2.05) is 19.1 Å². The molecule has 2 nitrogen and oxygen atoms in total. The van der Waals surface area contributed by atoms with Gasteiger partial charge in [0, 0.05) is 0 Å². The number of hydrogen-bond acceptors (Lipinski definition) is 2. The molecule has 0 heterocycles. The van der Waals surface area contributed by atoms with Gasteiger partial charge in [0.2, 0.25) is 0 Å². The summed E-state index contributed by atoms with van der Waals surface area (Å²) in [5, 5.41) is 17.2. The smallest absolute Gasteiger partial charge is 0.0773 e. The molecule has 0 saturated heterocycles. The van der Waals surface area contributed by atoms with Crippen LogP contribution in [0.2, 0.25) is 0 Å². The minimum Gasteiger partial charge on any atom is -0.394 e. The summed E-state index contributed by atoms with van der Waals surface area (Å²) in [6.07, 6.45) is 4.86. The van der Waals surface area contributed by atoms with Gasteiger partial charge in [-0.2, -0.15) is 0 Å². The highest BCUT2D eigenvalue weighted by molar-refractivity contribution is 4.77. The molecule has 0 aliphatic carbocycles. The van der Waals surface area contributed by atoms with Gasteiger partial charge in [-0.3, -0.25) is 0 Å². The van der Waals surface area contributed by atoms with E-state index in [-0.39, 0.29) is 6.61 Å². The second-order valence-corrected chi connectivity index (χ2v) is 1.98. The van der Waals surface area contributed by atoms with E-state index >= 15 is 0 Å². The highest BCUT2D eigenvalue weighted by atomic mass is 16.3. The first-order valence-electron chi connectivity index (χ1n) is 3.21. The van der Waals surface area contributed by atoms with Crippen LogP contribution in [-0.4, -0.2) is 22.9 Å². The van der Waals surface area contributed by atoms with E-state index < -0.39 is 6.10 Å². The Bertz CT molecular complexity index is 79.0. The average Bonchev–Trinajstić information content (AvgIpc) is 1.89. The highest BCUT2D eigenvalue weighted by Crippen LogP contribution is 1.96. The molecule has 0 aromatic carbocycles. The van der Waals surface area contributed by atoms with Gasteiger partial charge in [0.25, 0.3) is 0 Å². The number of aliphatic hydroxyl groups excluding tert-OH is 2. The van der Waals surface area contributed by atoms with E-state index in [2.05, 4.69) is 0 Å². The van der Waals surface area contributed by atoms with Crippen molar-refractivity contribution in [1.82, 2.24) is 0 Å². The van der Waals surface area contributed by atoms with Crippen LogP contribution in [0.25, 0.3) is 0 Å². The summed E-state index contributed by atoms with van der Waals surface area (Å²) in [5.74, 6) is 0. The Labute approximate surface area is 55.8 Å². The van der Waals surface area contributed by atoms with E-state index in [0.717, 1.165) is 6.42 Å². The van der Waals surface area contributed by atoms with Crippen LogP contribution in [0, 0.1) is 0 Å². The van der Waals surface area contributed by atoms with E-state index in [9.17, 15) is 0 Å². The maximum absolute atomic E-state index is 8.80. The molecule has 0 aromatic rings. The van der Waals surface area contributed by atoms with Crippen LogP contribution < -0.4 is 0 Å². The molecule has 2 heteroatoms. The third-order valence-corrected chi connectivity index (χ3v) is 1.11. The maximum Gasteiger partial charge on any atom is 0.0773 e. The molecule has 0 bridgehead atoms. The molecule has 0 aliphatic rings. The zero-order valence-corrected chi connectivity index (χ0v) is 5.75. The van der Waals surface area contributed by atoms with Crippen LogP contribution in [0.4, 0.5) is 0 Å². The highest BCUT2D eigenvalue weighted by Gasteiger charge is 1.97. The summed E-state index contributed by atoms with van der Waals surface area (Å²) in [6, 6.07) is 0. The predicted molar refractivity (Wildman–Crippen MR) is 37.1 cm³/mol. The topological polar surface area (TPSA) is 40.5 Å². The summed E-state index contributed by atoms with van der Waals surface area (Å²) >= 11 is 0. The van der Waals surface area contributed by atoms with Crippen LogP contribution in [0.15, 0.2) is 12.2 Å². The Hall–Kier alpha value is -0.340. The normalized spacial score (nSPS) is 14.6. The van der Waals surface area contributed by atoms with Crippen molar-refractivity contribution < 1.29 is 10.2 Å². The molecule has 0 rings (SSSR count). The van der Waals surface area contributed by atoms with Crippen molar-refractivity contribution in [3.05, 3.63) is 12.2 Å². The Kier molecular flexibility index (Phi) is 5.57. The molecule has 54 valence electrons. The Morgan fingerprint density at radius 3 is 2.67 bits per heavy atom. The van der Waals surface area contributed by atoms with Crippen molar-refractivity contribution in [3.63, 3.8) is 0 Å². The third-order valence-electron chi connectivity index (χ3n) is 1.11. The van der Waals surface area contributed by atoms with Crippen LogP contribution in [0.1, 0.15) is 19.8 Å². The largest absolute Gasteiger partial charge is 0.394 e. The molecule has 0 spiro atoms. The van der Waals surface area contributed by atoms with Crippen LogP contribution in [0.3, 0.4) is 0 Å². The van der Waals surface area contributed by atoms with Crippen molar-refractivity contribution in [2.24, 2.45) is 0 Å². The number of aliphatic hydroxyl groups is 2. The summed E-state index contributed by atoms with van der Waals surface area (Å²) in [7, 11) is 0.